The highest BCUT2D eigenvalue weighted by Crippen LogP contribution is 2.37. The average molecular weight is 416 g/mol. The van der Waals surface area contributed by atoms with E-state index in [0.717, 1.165) is 31.8 Å². The third kappa shape index (κ3) is 4.18. The van der Waals surface area contributed by atoms with Crippen molar-refractivity contribution in [3.8, 4) is 11.1 Å². The van der Waals surface area contributed by atoms with Crippen molar-refractivity contribution in [2.24, 2.45) is 0 Å². The van der Waals surface area contributed by atoms with E-state index in [1.165, 1.54) is 10.5 Å². The first-order valence-corrected chi connectivity index (χ1v) is 10.0. The molecule has 0 spiro atoms. The van der Waals surface area contributed by atoms with E-state index in [2.05, 4.69) is 18.8 Å². The standard InChI is InChI=1S/C21H22ClN3O2S/c1-13-7-15(22)8-18(14(13)2)17-5-6-23-19-9-16(28-21(17)19)10-25(4)20(27)11-24(3)12-26/h5-9,12H,10-11H2,1-4H3. The number of hydrogen-bond acceptors (Lipinski definition) is 4. The molecule has 0 atom stereocenters. The lowest BCUT2D eigenvalue weighted by Crippen LogP contribution is -2.35. The molecule has 28 heavy (non-hydrogen) atoms. The van der Waals surface area contributed by atoms with Crippen LogP contribution in [0.15, 0.2) is 30.5 Å². The highest BCUT2D eigenvalue weighted by Gasteiger charge is 2.16. The highest BCUT2D eigenvalue weighted by molar-refractivity contribution is 7.19. The van der Waals surface area contributed by atoms with Gasteiger partial charge in [-0.15, -0.1) is 11.3 Å². The molecule has 5 nitrogen and oxygen atoms in total. The number of pyridine rings is 1. The number of likely N-dealkylation sites (N-methyl/N-ethyl adjacent to an activating group) is 2. The fourth-order valence-corrected chi connectivity index (χ4v) is 4.53. The van der Waals surface area contributed by atoms with E-state index in [0.29, 0.717) is 18.0 Å². The normalized spacial score (nSPS) is 10.9. The number of aromatic nitrogens is 1. The van der Waals surface area contributed by atoms with Crippen LogP contribution in [0, 0.1) is 13.8 Å². The second-order valence-electron chi connectivity index (χ2n) is 6.95. The van der Waals surface area contributed by atoms with Gasteiger partial charge in [0.25, 0.3) is 0 Å². The third-order valence-corrected chi connectivity index (χ3v) is 6.13. The fraction of sp³-hybridized carbons (Fsp3) is 0.286. The number of carbonyl (C=O) groups is 2. The lowest BCUT2D eigenvalue weighted by atomic mass is 9.97. The van der Waals surface area contributed by atoms with E-state index < -0.39 is 0 Å². The molecule has 0 radical (unpaired) electrons. The van der Waals surface area contributed by atoms with Crippen molar-refractivity contribution in [2.45, 2.75) is 20.4 Å². The maximum absolute atomic E-state index is 12.2. The molecular formula is C21H22ClN3O2S. The maximum atomic E-state index is 12.2. The van der Waals surface area contributed by atoms with Crippen LogP contribution < -0.4 is 0 Å². The Bertz CT molecular complexity index is 1050. The van der Waals surface area contributed by atoms with E-state index in [1.54, 1.807) is 36.5 Å². The second-order valence-corrected chi connectivity index (χ2v) is 8.52. The molecule has 3 rings (SSSR count). The number of aryl methyl sites for hydroxylation is 1. The molecule has 0 saturated carbocycles. The minimum atomic E-state index is -0.110. The van der Waals surface area contributed by atoms with Crippen LogP contribution in [0.25, 0.3) is 21.3 Å². The van der Waals surface area contributed by atoms with E-state index in [-0.39, 0.29) is 12.5 Å². The summed E-state index contributed by atoms with van der Waals surface area (Å²) in [4.78, 5) is 31.5. The van der Waals surface area contributed by atoms with Crippen LogP contribution in [0.4, 0.5) is 0 Å². The highest BCUT2D eigenvalue weighted by atomic mass is 35.5. The molecule has 0 saturated heterocycles. The number of thiophene rings is 1. The molecule has 0 aliphatic carbocycles. The van der Waals surface area contributed by atoms with Gasteiger partial charge in [0.15, 0.2) is 0 Å². The van der Waals surface area contributed by atoms with Crippen molar-refractivity contribution in [3.05, 3.63) is 51.5 Å². The van der Waals surface area contributed by atoms with Crippen molar-refractivity contribution < 1.29 is 9.59 Å². The molecule has 0 bridgehead atoms. The van der Waals surface area contributed by atoms with Crippen molar-refractivity contribution in [2.75, 3.05) is 20.6 Å². The van der Waals surface area contributed by atoms with Gasteiger partial charge in [-0.25, -0.2) is 0 Å². The van der Waals surface area contributed by atoms with Crippen molar-refractivity contribution in [3.63, 3.8) is 0 Å². The molecule has 0 unspecified atom stereocenters. The molecule has 2 heterocycles. The average Bonchev–Trinajstić information content (AvgIpc) is 3.06. The SMILES string of the molecule is Cc1cc(Cl)cc(-c2ccnc3cc(CN(C)C(=O)CN(C)C=O)sc23)c1C. The Morgan fingerprint density at radius 2 is 1.96 bits per heavy atom. The van der Waals surface area contributed by atoms with Crippen LogP contribution in [-0.2, 0) is 16.1 Å². The molecular weight excluding hydrogens is 394 g/mol. The van der Waals surface area contributed by atoms with E-state index in [4.69, 9.17) is 11.6 Å². The van der Waals surface area contributed by atoms with Gasteiger partial charge in [0.05, 0.1) is 23.3 Å². The number of amides is 2. The van der Waals surface area contributed by atoms with Crippen LogP contribution in [0.3, 0.4) is 0 Å². The van der Waals surface area contributed by atoms with E-state index in [9.17, 15) is 9.59 Å². The first kappa shape index (κ1) is 20.3. The number of rotatable bonds is 6. The lowest BCUT2D eigenvalue weighted by molar-refractivity contribution is -0.134. The lowest BCUT2D eigenvalue weighted by Gasteiger charge is -2.18. The van der Waals surface area contributed by atoms with Crippen molar-refractivity contribution in [1.29, 1.82) is 0 Å². The Morgan fingerprint density at radius 1 is 1.21 bits per heavy atom. The van der Waals surface area contributed by atoms with Gasteiger partial charge in [-0.3, -0.25) is 14.6 Å². The fourth-order valence-electron chi connectivity index (χ4n) is 3.07. The Labute approximate surface area is 173 Å². The number of halogens is 1. The molecule has 1 aromatic carbocycles. The minimum Gasteiger partial charge on any atom is -0.339 e. The number of hydrogen-bond donors (Lipinski definition) is 0. The van der Waals surface area contributed by atoms with Crippen molar-refractivity contribution in [1.82, 2.24) is 14.8 Å². The van der Waals surface area contributed by atoms with Gasteiger partial charge in [0, 0.05) is 35.8 Å². The van der Waals surface area contributed by atoms with Gasteiger partial charge < -0.3 is 9.80 Å². The predicted molar refractivity (Wildman–Crippen MR) is 115 cm³/mol. The summed E-state index contributed by atoms with van der Waals surface area (Å²) in [5.74, 6) is -0.110. The summed E-state index contributed by atoms with van der Waals surface area (Å²) >= 11 is 7.93. The van der Waals surface area contributed by atoms with Crippen LogP contribution in [-0.4, -0.2) is 47.7 Å². The molecule has 2 amide bonds. The number of carbonyl (C=O) groups excluding carboxylic acids is 2. The molecule has 146 valence electrons. The number of nitrogens with zero attached hydrogens (tertiary/aromatic N) is 3. The predicted octanol–water partition coefficient (Wildman–Crippen LogP) is 4.28. The zero-order valence-electron chi connectivity index (χ0n) is 16.3. The van der Waals surface area contributed by atoms with Gasteiger partial charge in [-0.2, -0.15) is 0 Å². The zero-order valence-corrected chi connectivity index (χ0v) is 17.9. The molecule has 2 aromatic heterocycles. The third-order valence-electron chi connectivity index (χ3n) is 4.77. The van der Waals surface area contributed by atoms with E-state index in [1.807, 2.05) is 24.3 Å². The Kier molecular flexibility index (Phi) is 6.01. The summed E-state index contributed by atoms with van der Waals surface area (Å²) in [6.45, 7) is 4.69. The van der Waals surface area contributed by atoms with Crippen LogP contribution in [0.2, 0.25) is 5.02 Å². The first-order chi connectivity index (χ1) is 13.3. The van der Waals surface area contributed by atoms with Gasteiger partial charge in [0.2, 0.25) is 12.3 Å². The van der Waals surface area contributed by atoms with Crippen LogP contribution in [0.5, 0.6) is 0 Å². The second kappa shape index (κ2) is 8.29. The first-order valence-electron chi connectivity index (χ1n) is 8.84. The Balaban J connectivity index is 1.94. The smallest absolute Gasteiger partial charge is 0.242 e. The summed E-state index contributed by atoms with van der Waals surface area (Å²) < 4.78 is 1.08. The number of benzene rings is 1. The quantitative estimate of drug-likeness (QED) is 0.564. The number of fused-ring (bicyclic) bond motifs is 1. The van der Waals surface area contributed by atoms with Gasteiger partial charge >= 0.3 is 0 Å². The largest absolute Gasteiger partial charge is 0.339 e. The van der Waals surface area contributed by atoms with Gasteiger partial charge in [-0.1, -0.05) is 11.6 Å². The summed E-state index contributed by atoms with van der Waals surface area (Å²) in [6, 6.07) is 7.98. The van der Waals surface area contributed by atoms with Gasteiger partial charge in [-0.05, 0) is 54.8 Å². The molecule has 3 aromatic rings. The molecule has 0 N–H and O–H groups in total. The summed E-state index contributed by atoms with van der Waals surface area (Å²) in [5, 5.41) is 0.712. The topological polar surface area (TPSA) is 53.5 Å². The molecule has 0 fully saturated rings. The summed E-state index contributed by atoms with van der Waals surface area (Å²) in [7, 11) is 3.33. The molecule has 0 aliphatic rings. The molecule has 7 heteroatoms. The van der Waals surface area contributed by atoms with Crippen molar-refractivity contribution >= 4 is 45.5 Å². The summed E-state index contributed by atoms with van der Waals surface area (Å²) in [6.07, 6.45) is 2.45. The zero-order chi connectivity index (χ0) is 20.4. The summed E-state index contributed by atoms with van der Waals surface area (Å²) in [5.41, 5.74) is 5.44. The monoisotopic (exact) mass is 415 g/mol. The maximum Gasteiger partial charge on any atom is 0.242 e. The van der Waals surface area contributed by atoms with Gasteiger partial charge in [0.1, 0.15) is 0 Å². The van der Waals surface area contributed by atoms with E-state index >= 15 is 0 Å². The Hall–Kier alpha value is -2.44. The van der Waals surface area contributed by atoms with Crippen LogP contribution >= 0.6 is 22.9 Å². The minimum absolute atomic E-state index is 0.0649. The van der Waals surface area contributed by atoms with Crippen LogP contribution in [0.1, 0.15) is 16.0 Å². The molecule has 0 aliphatic heterocycles. The Morgan fingerprint density at radius 3 is 2.68 bits per heavy atom.